The van der Waals surface area contributed by atoms with E-state index in [2.05, 4.69) is 72.7 Å². The minimum Gasteiger partial charge on any atom is -0.381 e. The van der Waals surface area contributed by atoms with Gasteiger partial charge in [0, 0.05) is 25.6 Å². The Bertz CT molecular complexity index is 976. The van der Waals surface area contributed by atoms with Gasteiger partial charge in [0.15, 0.2) is 0 Å². The lowest BCUT2D eigenvalue weighted by atomic mass is 9.73. The van der Waals surface area contributed by atoms with Crippen LogP contribution in [0.4, 0.5) is 0 Å². The number of ether oxygens (including phenoxy) is 1. The summed E-state index contributed by atoms with van der Waals surface area (Å²) in [5.41, 5.74) is 4.87. The van der Waals surface area contributed by atoms with E-state index in [1.54, 1.807) is 6.20 Å². The number of aromatic nitrogens is 1. The van der Waals surface area contributed by atoms with Crippen molar-refractivity contribution in [3.8, 4) is 0 Å². The van der Waals surface area contributed by atoms with Gasteiger partial charge < -0.3 is 10.1 Å². The van der Waals surface area contributed by atoms with E-state index in [4.69, 9.17) is 4.74 Å². The Morgan fingerprint density at radius 1 is 0.933 bits per heavy atom. The summed E-state index contributed by atoms with van der Waals surface area (Å²) in [7, 11) is 0. The van der Waals surface area contributed by atoms with Crippen molar-refractivity contribution in [2.24, 2.45) is 0 Å². The second-order valence-corrected chi connectivity index (χ2v) is 8.16. The Morgan fingerprint density at radius 3 is 2.17 bits per heavy atom. The lowest BCUT2D eigenvalue weighted by Crippen LogP contribution is -2.49. The second-order valence-electron chi connectivity index (χ2n) is 8.16. The van der Waals surface area contributed by atoms with Gasteiger partial charge in [-0.05, 0) is 49.4 Å². The number of amides is 1. The molecule has 0 spiro atoms. The number of nitrogens with one attached hydrogen (secondary N) is 1. The highest BCUT2D eigenvalue weighted by Gasteiger charge is 2.42. The molecule has 154 valence electrons. The van der Waals surface area contributed by atoms with Crippen molar-refractivity contribution in [1.29, 1.82) is 0 Å². The van der Waals surface area contributed by atoms with Gasteiger partial charge in [-0.1, -0.05) is 65.7 Å². The molecule has 30 heavy (non-hydrogen) atoms. The van der Waals surface area contributed by atoms with Crippen LogP contribution in [0.1, 0.15) is 46.7 Å². The summed E-state index contributed by atoms with van der Waals surface area (Å²) in [6, 6.07) is 20.3. The van der Waals surface area contributed by atoms with Crippen molar-refractivity contribution < 1.29 is 9.53 Å². The van der Waals surface area contributed by atoms with Gasteiger partial charge >= 0.3 is 0 Å². The van der Waals surface area contributed by atoms with E-state index in [1.807, 2.05) is 18.3 Å². The molecule has 1 aliphatic heterocycles. The van der Waals surface area contributed by atoms with Crippen LogP contribution >= 0.6 is 0 Å². The summed E-state index contributed by atoms with van der Waals surface area (Å²) in [6.45, 7) is 5.30. The maximum Gasteiger partial charge on any atom is 0.231 e. The fourth-order valence-electron chi connectivity index (χ4n) is 4.17. The number of carbonyl (C=O) groups excluding carboxylic acids is 1. The summed E-state index contributed by atoms with van der Waals surface area (Å²) in [5.74, 6) is 0.0454. The van der Waals surface area contributed by atoms with Gasteiger partial charge in [-0.3, -0.25) is 9.78 Å². The van der Waals surface area contributed by atoms with Crippen LogP contribution in [0.15, 0.2) is 73.1 Å². The van der Waals surface area contributed by atoms with Crippen LogP contribution < -0.4 is 5.32 Å². The smallest absolute Gasteiger partial charge is 0.231 e. The highest BCUT2D eigenvalue weighted by Crippen LogP contribution is 2.36. The first-order valence-electron chi connectivity index (χ1n) is 10.5. The zero-order valence-electron chi connectivity index (χ0n) is 17.6. The van der Waals surface area contributed by atoms with Gasteiger partial charge in [0.25, 0.3) is 0 Å². The number of nitrogens with zero attached hydrogens (tertiary/aromatic N) is 1. The summed E-state index contributed by atoms with van der Waals surface area (Å²) < 4.78 is 5.62. The molecule has 1 fully saturated rings. The minimum atomic E-state index is -0.586. The highest BCUT2D eigenvalue weighted by atomic mass is 16.5. The third-order valence-electron chi connectivity index (χ3n) is 6.09. The molecule has 4 rings (SSSR count). The Labute approximate surface area is 178 Å². The van der Waals surface area contributed by atoms with Gasteiger partial charge in [0.05, 0.1) is 11.5 Å². The van der Waals surface area contributed by atoms with Crippen LogP contribution in [0.2, 0.25) is 0 Å². The van der Waals surface area contributed by atoms with E-state index >= 15 is 0 Å². The molecule has 4 nitrogen and oxygen atoms in total. The lowest BCUT2D eigenvalue weighted by Gasteiger charge is -2.37. The number of carbonyl (C=O) groups is 1. The molecule has 0 aliphatic carbocycles. The quantitative estimate of drug-likeness (QED) is 0.678. The first-order valence-corrected chi connectivity index (χ1v) is 10.5. The van der Waals surface area contributed by atoms with Gasteiger partial charge in [-0.15, -0.1) is 0 Å². The largest absolute Gasteiger partial charge is 0.381 e. The molecule has 2 heterocycles. The van der Waals surface area contributed by atoms with Crippen molar-refractivity contribution in [2.75, 3.05) is 13.2 Å². The lowest BCUT2D eigenvalue weighted by molar-refractivity contribution is -0.131. The SMILES string of the molecule is Cc1ccc([C@@H](NC(=O)C2(c3ccc(C)cc3)CCOCC2)c2cccnc2)cc1. The van der Waals surface area contributed by atoms with E-state index in [1.165, 1.54) is 11.1 Å². The first-order chi connectivity index (χ1) is 14.6. The highest BCUT2D eigenvalue weighted by molar-refractivity contribution is 5.89. The molecule has 0 saturated carbocycles. The van der Waals surface area contributed by atoms with Crippen LogP contribution in [0.5, 0.6) is 0 Å². The van der Waals surface area contributed by atoms with E-state index in [0.29, 0.717) is 26.1 Å². The molecule has 2 aromatic carbocycles. The number of hydrogen-bond donors (Lipinski definition) is 1. The predicted octanol–water partition coefficient (Wildman–Crippen LogP) is 4.65. The molecule has 4 heteroatoms. The number of rotatable bonds is 5. The van der Waals surface area contributed by atoms with Crippen LogP contribution in [-0.4, -0.2) is 24.1 Å². The molecule has 1 aliphatic rings. The molecular weight excluding hydrogens is 372 g/mol. The fraction of sp³-hybridized carbons (Fsp3) is 0.308. The summed E-state index contributed by atoms with van der Waals surface area (Å²) >= 11 is 0. The number of hydrogen-bond acceptors (Lipinski definition) is 3. The Hall–Kier alpha value is -2.98. The fourth-order valence-corrected chi connectivity index (χ4v) is 4.17. The minimum absolute atomic E-state index is 0.0454. The summed E-state index contributed by atoms with van der Waals surface area (Å²) in [5, 5.41) is 3.36. The van der Waals surface area contributed by atoms with Crippen LogP contribution in [-0.2, 0) is 14.9 Å². The van der Waals surface area contributed by atoms with E-state index in [0.717, 1.165) is 16.7 Å². The third-order valence-corrected chi connectivity index (χ3v) is 6.09. The van der Waals surface area contributed by atoms with Gasteiger partial charge in [0.2, 0.25) is 5.91 Å². The zero-order chi connectivity index (χ0) is 21.0. The normalized spacial score (nSPS) is 16.6. The molecule has 1 amide bonds. The standard InChI is InChI=1S/C26H28N2O2/c1-19-5-9-21(10-6-19)24(22-4-3-15-27-18-22)28-25(29)26(13-16-30-17-14-26)23-11-7-20(2)8-12-23/h3-12,15,18,24H,13-14,16-17H2,1-2H3,(H,28,29)/t24-/m1/s1. The number of benzene rings is 2. The molecule has 3 aromatic rings. The summed E-state index contributed by atoms with van der Waals surface area (Å²) in [4.78, 5) is 18.1. The van der Waals surface area contributed by atoms with Crippen molar-refractivity contribution in [1.82, 2.24) is 10.3 Å². The number of aryl methyl sites for hydroxylation is 2. The van der Waals surface area contributed by atoms with Crippen LogP contribution in [0.25, 0.3) is 0 Å². The molecule has 1 aromatic heterocycles. The van der Waals surface area contributed by atoms with Crippen molar-refractivity contribution in [3.63, 3.8) is 0 Å². The molecule has 0 unspecified atom stereocenters. The Morgan fingerprint density at radius 2 is 1.57 bits per heavy atom. The molecule has 0 bridgehead atoms. The van der Waals surface area contributed by atoms with E-state index in [-0.39, 0.29) is 11.9 Å². The van der Waals surface area contributed by atoms with E-state index in [9.17, 15) is 4.79 Å². The predicted molar refractivity (Wildman–Crippen MR) is 118 cm³/mol. The van der Waals surface area contributed by atoms with E-state index < -0.39 is 5.41 Å². The molecule has 1 saturated heterocycles. The van der Waals surface area contributed by atoms with Crippen molar-refractivity contribution >= 4 is 5.91 Å². The van der Waals surface area contributed by atoms with Gasteiger partial charge in [0.1, 0.15) is 0 Å². The topological polar surface area (TPSA) is 51.2 Å². The van der Waals surface area contributed by atoms with Gasteiger partial charge in [-0.25, -0.2) is 0 Å². The maximum atomic E-state index is 13.8. The maximum absolute atomic E-state index is 13.8. The molecular formula is C26H28N2O2. The monoisotopic (exact) mass is 400 g/mol. The first kappa shape index (κ1) is 20.3. The molecule has 0 radical (unpaired) electrons. The average Bonchev–Trinajstić information content (AvgIpc) is 2.79. The van der Waals surface area contributed by atoms with Crippen molar-refractivity contribution in [3.05, 3.63) is 101 Å². The zero-order valence-corrected chi connectivity index (χ0v) is 17.6. The van der Waals surface area contributed by atoms with Crippen LogP contribution in [0.3, 0.4) is 0 Å². The molecule has 1 N–H and O–H groups in total. The van der Waals surface area contributed by atoms with Gasteiger partial charge in [-0.2, -0.15) is 0 Å². The van der Waals surface area contributed by atoms with Crippen LogP contribution in [0, 0.1) is 13.8 Å². The molecule has 1 atom stereocenters. The summed E-state index contributed by atoms with van der Waals surface area (Å²) in [6.07, 6.45) is 4.93. The Kier molecular flexibility index (Phi) is 5.96. The Balaban J connectivity index is 1.71. The van der Waals surface area contributed by atoms with Crippen molar-refractivity contribution in [2.45, 2.75) is 38.1 Å². The second kappa shape index (κ2) is 8.80. The average molecular weight is 401 g/mol. The number of pyridine rings is 1. The third kappa shape index (κ3) is 4.14.